The highest BCUT2D eigenvalue weighted by Gasteiger charge is 3.00. The molecule has 35 heteroatoms. The number of halogens is 29. The van der Waals surface area contributed by atoms with Crippen LogP contribution in [0.1, 0.15) is 19.3 Å². The van der Waals surface area contributed by atoms with E-state index in [1.807, 2.05) is 5.32 Å². The Morgan fingerprint density at radius 1 is 0.500 bits per heavy atom. The van der Waals surface area contributed by atoms with Gasteiger partial charge in [0.15, 0.2) is 0 Å². The zero-order chi connectivity index (χ0) is 49.0. The van der Waals surface area contributed by atoms with E-state index in [9.17, 15) is 137 Å². The number of hydrogen-bond acceptors (Lipinski definition) is 4. The number of hydrogen-bond donors (Lipinski definition) is 2. The summed E-state index contributed by atoms with van der Waals surface area (Å²) in [6, 6.07) is 0. The van der Waals surface area contributed by atoms with Gasteiger partial charge < -0.3 is 15.3 Å². The molecule has 0 fully saturated rings. The van der Waals surface area contributed by atoms with Gasteiger partial charge >= 0.3 is 89.1 Å². The number of aliphatic carboxylic acids is 1. The van der Waals surface area contributed by atoms with Gasteiger partial charge in [0.05, 0.1) is 0 Å². The summed E-state index contributed by atoms with van der Waals surface area (Å²) in [6.45, 7) is 0.0944. The predicted molar refractivity (Wildman–Crippen MR) is 140 cm³/mol. The van der Waals surface area contributed by atoms with Gasteiger partial charge in [0.2, 0.25) is 5.91 Å². The average Bonchev–Trinajstić information content (AvgIpc) is 3.04. The summed E-state index contributed by atoms with van der Waals surface area (Å²) in [5.74, 6) is -127. The monoisotopic (exact) mass is 980 g/mol. The summed E-state index contributed by atoms with van der Waals surface area (Å²) in [4.78, 5) is 24.7. The third-order valence-corrected chi connectivity index (χ3v) is 8.85. The Hall–Kier alpha value is -2.78. The van der Waals surface area contributed by atoms with Gasteiger partial charge in [-0.15, -0.1) is 11.8 Å². The Bertz CT molecular complexity index is 1510. The van der Waals surface area contributed by atoms with Crippen molar-refractivity contribution in [2.24, 2.45) is 0 Å². The van der Waals surface area contributed by atoms with Crippen LogP contribution in [0.2, 0.25) is 0 Å². The number of carbonyl (C=O) groups is 2. The maximum absolute atomic E-state index is 14.2. The summed E-state index contributed by atoms with van der Waals surface area (Å²) in [5.41, 5.74) is 0. The molecule has 0 aromatic heterocycles. The third kappa shape index (κ3) is 8.75. The second kappa shape index (κ2) is 16.7. The molecule has 1 amide bonds. The molecule has 0 heterocycles. The zero-order valence-corrected chi connectivity index (χ0v) is 29.2. The van der Waals surface area contributed by atoms with Crippen LogP contribution in [0.15, 0.2) is 0 Å². The van der Waals surface area contributed by atoms with Crippen molar-refractivity contribution in [2.75, 3.05) is 32.9 Å². The minimum absolute atomic E-state index is 0.176. The van der Waals surface area contributed by atoms with E-state index in [0.717, 1.165) is 0 Å². The quantitative estimate of drug-likeness (QED) is 0.0789. The maximum Gasteiger partial charge on any atom is 0.460 e. The molecule has 0 saturated heterocycles. The molecular formula is C25H21F29N2O3S. The molecule has 1 atom stereocenters. The lowest BCUT2D eigenvalue weighted by Crippen LogP contribution is -2.79. The number of amides is 1. The van der Waals surface area contributed by atoms with E-state index in [1.165, 1.54) is 0 Å². The number of rotatable bonds is 23. The van der Waals surface area contributed by atoms with E-state index in [1.54, 1.807) is 19.0 Å². The first-order valence-electron chi connectivity index (χ1n) is 14.6. The smallest absolute Gasteiger partial charge is 0.460 e. The first-order chi connectivity index (χ1) is 25.9. The fraction of sp³-hybridized carbons (Fsp3) is 0.920. The predicted octanol–water partition coefficient (Wildman–Crippen LogP) is 9.84. The van der Waals surface area contributed by atoms with Crippen molar-refractivity contribution >= 4 is 23.6 Å². The normalized spacial score (nSPS) is 16.3. The highest BCUT2D eigenvalue weighted by Crippen LogP contribution is 2.69. The van der Waals surface area contributed by atoms with E-state index >= 15 is 0 Å². The van der Waals surface area contributed by atoms with Crippen LogP contribution in [0.3, 0.4) is 0 Å². The topological polar surface area (TPSA) is 69.6 Å². The summed E-state index contributed by atoms with van der Waals surface area (Å²) < 4.78 is 397. The number of nitrogens with one attached hydrogen (secondary N) is 1. The van der Waals surface area contributed by atoms with Crippen LogP contribution >= 0.6 is 11.8 Å². The Morgan fingerprint density at radius 3 is 1.05 bits per heavy atom. The molecule has 0 bridgehead atoms. The molecule has 0 radical (unpaired) electrons. The fourth-order valence-corrected chi connectivity index (χ4v) is 5.02. The van der Waals surface area contributed by atoms with Crippen molar-refractivity contribution in [3.05, 3.63) is 0 Å². The highest BCUT2D eigenvalue weighted by atomic mass is 32.2. The Labute approximate surface area is 317 Å². The molecule has 2 N–H and O–H groups in total. The lowest BCUT2D eigenvalue weighted by Gasteiger charge is -2.46. The van der Waals surface area contributed by atoms with E-state index < -0.39 is 131 Å². The van der Waals surface area contributed by atoms with Crippen LogP contribution in [0, 0.1) is 0 Å². The van der Waals surface area contributed by atoms with Crippen LogP contribution in [-0.4, -0.2) is 143 Å². The van der Waals surface area contributed by atoms with Gasteiger partial charge in [-0.25, -0.2) is 0 Å². The molecule has 0 aromatic carbocycles. The molecule has 0 spiro atoms. The number of carboxylic acids is 1. The van der Waals surface area contributed by atoms with Crippen LogP contribution in [0.5, 0.6) is 0 Å². The minimum Gasteiger partial charge on any atom is -0.480 e. The zero-order valence-electron chi connectivity index (χ0n) is 28.4. The standard InChI is InChI=1S/C25H21F29N2O3S/c1-56(2)6-3-5-55-10(57)8-9(11(58)59)60-7-4-12(26,27)13(28,29)14(30,31)15(32,33)16(34,35)17(36,37)18(38,39)19(40,41)20(42,43)21(44,45)22(46,47)23(48,49)24(50,51)25(52,53)54/h9H,3-8H2,1-2H3,(H,55,57)(H,58,59). The Morgan fingerprint density at radius 2 is 0.783 bits per heavy atom. The Kier molecular flexibility index (Phi) is 16.0. The molecule has 0 aliphatic carbocycles. The SMILES string of the molecule is CN(C)CCCNC(=O)CC(SCCC(F)(F)C(F)(F)C(F)(F)C(F)(F)C(F)(F)C(F)(F)C(F)(F)C(F)(F)C(F)(F)C(F)(F)C(F)(F)C(F)(F)C(F)(F)C(F)(F)F)C(=O)O. The highest BCUT2D eigenvalue weighted by molar-refractivity contribution is 8.00. The molecule has 0 aliphatic heterocycles. The molecule has 1 unspecified atom stereocenters. The molecule has 358 valence electrons. The van der Waals surface area contributed by atoms with Crippen molar-refractivity contribution in [3.63, 3.8) is 0 Å². The van der Waals surface area contributed by atoms with Crippen molar-refractivity contribution in [1.82, 2.24) is 10.2 Å². The summed E-state index contributed by atoms with van der Waals surface area (Å²) in [6.07, 6.45) is -12.6. The number of nitrogens with zero attached hydrogens (tertiary/aromatic N) is 1. The van der Waals surface area contributed by atoms with Gasteiger partial charge in [0, 0.05) is 25.1 Å². The lowest BCUT2D eigenvalue weighted by atomic mass is 9.83. The van der Waals surface area contributed by atoms with Crippen LogP contribution in [-0.2, 0) is 9.59 Å². The molecular weight excluding hydrogens is 959 g/mol. The van der Waals surface area contributed by atoms with Crippen molar-refractivity contribution in [3.8, 4) is 0 Å². The molecule has 0 aliphatic rings. The second-order valence-corrected chi connectivity index (χ2v) is 13.6. The van der Waals surface area contributed by atoms with Crippen LogP contribution in [0.25, 0.3) is 0 Å². The number of carbonyl (C=O) groups excluding carboxylic acids is 1. The van der Waals surface area contributed by atoms with Gasteiger partial charge in [-0.2, -0.15) is 127 Å². The molecule has 0 rings (SSSR count). The van der Waals surface area contributed by atoms with Crippen molar-refractivity contribution < 1.29 is 142 Å². The van der Waals surface area contributed by atoms with Crippen LogP contribution in [0.4, 0.5) is 127 Å². The lowest BCUT2D eigenvalue weighted by molar-refractivity contribution is -0.487. The Balaban J connectivity index is 6.95. The molecule has 5 nitrogen and oxygen atoms in total. The summed E-state index contributed by atoms with van der Waals surface area (Å²) in [5, 5.41) is 8.76. The van der Waals surface area contributed by atoms with Gasteiger partial charge in [-0.1, -0.05) is 0 Å². The molecule has 0 aromatic rings. The second-order valence-electron chi connectivity index (χ2n) is 12.3. The maximum atomic E-state index is 14.2. The first kappa shape index (κ1) is 57.2. The van der Waals surface area contributed by atoms with E-state index in [0.29, 0.717) is 6.54 Å². The van der Waals surface area contributed by atoms with Gasteiger partial charge in [-0.3, -0.25) is 9.59 Å². The van der Waals surface area contributed by atoms with Crippen molar-refractivity contribution in [1.29, 1.82) is 0 Å². The minimum atomic E-state index is -10.00. The molecule has 0 saturated carbocycles. The fourth-order valence-electron chi connectivity index (χ4n) is 3.95. The number of alkyl halides is 29. The van der Waals surface area contributed by atoms with E-state index in [4.69, 9.17) is 5.11 Å². The van der Waals surface area contributed by atoms with Crippen molar-refractivity contribution in [2.45, 2.75) is 108 Å². The number of carboxylic acid groups (broad SMARTS) is 1. The average molecular weight is 980 g/mol. The molecule has 60 heavy (non-hydrogen) atoms. The van der Waals surface area contributed by atoms with Gasteiger partial charge in [-0.05, 0) is 27.1 Å². The van der Waals surface area contributed by atoms with Crippen LogP contribution < -0.4 is 5.32 Å². The number of thioether (sulfide) groups is 1. The summed E-state index contributed by atoms with van der Waals surface area (Å²) in [7, 11) is 3.09. The van der Waals surface area contributed by atoms with Gasteiger partial charge in [0.25, 0.3) is 0 Å². The first-order valence-corrected chi connectivity index (χ1v) is 15.7. The van der Waals surface area contributed by atoms with E-state index in [-0.39, 0.29) is 13.0 Å². The third-order valence-electron chi connectivity index (χ3n) is 7.64. The van der Waals surface area contributed by atoms with E-state index in [2.05, 4.69) is 0 Å². The largest absolute Gasteiger partial charge is 0.480 e. The van der Waals surface area contributed by atoms with Gasteiger partial charge in [0.1, 0.15) is 5.25 Å². The summed E-state index contributed by atoms with van der Waals surface area (Å²) >= 11 is -0.606.